The van der Waals surface area contributed by atoms with Gasteiger partial charge in [0, 0.05) is 0 Å². The van der Waals surface area contributed by atoms with Crippen molar-refractivity contribution in [2.45, 2.75) is 120 Å². The Bertz CT molecular complexity index is 841. The lowest BCUT2D eigenvalue weighted by molar-refractivity contribution is 0.506. The Morgan fingerprint density at radius 2 is 1.06 bits per heavy atom. The van der Waals surface area contributed by atoms with E-state index in [1.807, 2.05) is 24.3 Å². The standard InChI is InChI=1S/C29H44O2S/c1-4-7-10-13-14-25-17-21-28(22-18-25)32(30,31)29-23-19-27(20-24-29)26(15-11-8-5-2)16-12-9-6-3/h17-24,26H,4-16H2,1-3H3. The number of rotatable bonds is 16. The Labute approximate surface area is 197 Å². The fraction of sp³-hybridized carbons (Fsp3) is 0.586. The van der Waals surface area contributed by atoms with Crippen molar-refractivity contribution in [1.82, 2.24) is 0 Å². The van der Waals surface area contributed by atoms with Crippen LogP contribution < -0.4 is 0 Å². The molecular formula is C29H44O2S. The summed E-state index contributed by atoms with van der Waals surface area (Å²) in [5.41, 5.74) is 2.51. The molecule has 0 fully saturated rings. The zero-order valence-electron chi connectivity index (χ0n) is 20.6. The minimum Gasteiger partial charge on any atom is -0.219 e. The van der Waals surface area contributed by atoms with Crippen molar-refractivity contribution in [2.24, 2.45) is 0 Å². The second-order valence-corrected chi connectivity index (χ2v) is 11.2. The average Bonchev–Trinajstić information content (AvgIpc) is 2.81. The van der Waals surface area contributed by atoms with Crippen molar-refractivity contribution in [3.8, 4) is 0 Å². The van der Waals surface area contributed by atoms with Crippen LogP contribution in [0.4, 0.5) is 0 Å². The van der Waals surface area contributed by atoms with Gasteiger partial charge in [0.15, 0.2) is 0 Å². The van der Waals surface area contributed by atoms with E-state index in [0.717, 1.165) is 6.42 Å². The van der Waals surface area contributed by atoms with E-state index >= 15 is 0 Å². The van der Waals surface area contributed by atoms with Crippen molar-refractivity contribution >= 4 is 9.84 Å². The van der Waals surface area contributed by atoms with Crippen LogP contribution in [0.3, 0.4) is 0 Å². The summed E-state index contributed by atoms with van der Waals surface area (Å²) in [4.78, 5) is 0.794. The van der Waals surface area contributed by atoms with Gasteiger partial charge >= 0.3 is 0 Å². The van der Waals surface area contributed by atoms with Gasteiger partial charge in [0.2, 0.25) is 9.84 Å². The summed E-state index contributed by atoms with van der Waals surface area (Å²) in [5, 5.41) is 0. The second-order valence-electron chi connectivity index (χ2n) is 9.22. The molecule has 32 heavy (non-hydrogen) atoms. The van der Waals surface area contributed by atoms with Gasteiger partial charge in [0.1, 0.15) is 0 Å². The molecule has 0 aliphatic rings. The first-order chi connectivity index (χ1) is 15.5. The third-order valence-corrected chi connectivity index (χ3v) is 8.31. The summed E-state index contributed by atoms with van der Waals surface area (Å²) in [6, 6.07) is 15.2. The Balaban J connectivity index is 2.08. The van der Waals surface area contributed by atoms with Crippen LogP contribution in [0.1, 0.15) is 115 Å². The molecule has 0 aromatic heterocycles. The van der Waals surface area contributed by atoms with Crippen LogP contribution in [0.25, 0.3) is 0 Å². The highest BCUT2D eigenvalue weighted by molar-refractivity contribution is 7.91. The fourth-order valence-electron chi connectivity index (χ4n) is 4.41. The molecule has 0 atom stereocenters. The Hall–Kier alpha value is -1.61. The zero-order valence-corrected chi connectivity index (χ0v) is 21.4. The fourth-order valence-corrected chi connectivity index (χ4v) is 5.67. The maximum absolute atomic E-state index is 13.1. The maximum atomic E-state index is 13.1. The minimum atomic E-state index is -3.47. The highest BCUT2D eigenvalue weighted by Crippen LogP contribution is 2.30. The van der Waals surface area contributed by atoms with Crippen molar-refractivity contribution in [3.05, 3.63) is 59.7 Å². The molecule has 2 nitrogen and oxygen atoms in total. The first-order valence-electron chi connectivity index (χ1n) is 13.0. The first kappa shape index (κ1) is 26.6. The lowest BCUT2D eigenvalue weighted by atomic mass is 9.88. The summed E-state index contributed by atoms with van der Waals surface area (Å²) in [6.07, 6.45) is 15.8. The van der Waals surface area contributed by atoms with E-state index in [4.69, 9.17) is 0 Å². The predicted octanol–water partition coefficient (Wildman–Crippen LogP) is 8.89. The monoisotopic (exact) mass is 456 g/mol. The molecule has 0 bridgehead atoms. The third-order valence-electron chi connectivity index (χ3n) is 6.53. The van der Waals surface area contributed by atoms with E-state index in [9.17, 15) is 8.42 Å². The SMILES string of the molecule is CCCCCCc1ccc(S(=O)(=O)c2ccc(C(CCCCC)CCCCC)cc2)cc1. The summed E-state index contributed by atoms with van der Waals surface area (Å²) >= 11 is 0. The number of sulfone groups is 1. The molecule has 2 aromatic rings. The molecular weight excluding hydrogens is 412 g/mol. The summed E-state index contributed by atoms with van der Waals surface area (Å²) in [5.74, 6) is 0.539. The highest BCUT2D eigenvalue weighted by atomic mass is 32.2. The Morgan fingerprint density at radius 1 is 0.594 bits per heavy atom. The van der Waals surface area contributed by atoms with E-state index in [-0.39, 0.29) is 0 Å². The van der Waals surface area contributed by atoms with E-state index in [0.29, 0.717) is 15.7 Å². The number of hydrogen-bond acceptors (Lipinski definition) is 2. The molecule has 0 heterocycles. The van der Waals surface area contributed by atoms with Gasteiger partial charge in [0.05, 0.1) is 9.79 Å². The first-order valence-corrected chi connectivity index (χ1v) is 14.4. The van der Waals surface area contributed by atoms with E-state index in [1.54, 1.807) is 12.1 Å². The third kappa shape index (κ3) is 8.39. The Morgan fingerprint density at radius 3 is 1.56 bits per heavy atom. The van der Waals surface area contributed by atoms with Crippen molar-refractivity contribution < 1.29 is 8.42 Å². The molecule has 0 aliphatic heterocycles. The molecule has 2 aromatic carbocycles. The summed E-state index contributed by atoms with van der Waals surface area (Å²) in [7, 11) is -3.47. The molecule has 0 spiro atoms. The minimum absolute atomic E-state index is 0.394. The number of benzene rings is 2. The molecule has 178 valence electrons. The van der Waals surface area contributed by atoms with Crippen molar-refractivity contribution in [3.63, 3.8) is 0 Å². The number of unbranched alkanes of at least 4 members (excludes halogenated alkanes) is 7. The van der Waals surface area contributed by atoms with E-state index < -0.39 is 9.84 Å². The normalized spacial score (nSPS) is 11.9. The molecule has 0 aliphatic carbocycles. The van der Waals surface area contributed by atoms with Crippen LogP contribution in [0.5, 0.6) is 0 Å². The number of hydrogen-bond donors (Lipinski definition) is 0. The highest BCUT2D eigenvalue weighted by Gasteiger charge is 2.19. The zero-order chi connectivity index (χ0) is 23.2. The Kier molecular flexibility index (Phi) is 12.1. The molecule has 0 radical (unpaired) electrons. The van der Waals surface area contributed by atoms with Crippen molar-refractivity contribution in [1.29, 1.82) is 0 Å². The lowest BCUT2D eigenvalue weighted by Gasteiger charge is -2.18. The quantitative estimate of drug-likeness (QED) is 0.236. The summed E-state index contributed by atoms with van der Waals surface area (Å²) in [6.45, 7) is 6.70. The van der Waals surface area contributed by atoms with E-state index in [2.05, 4.69) is 32.9 Å². The van der Waals surface area contributed by atoms with Gasteiger partial charge < -0.3 is 0 Å². The largest absolute Gasteiger partial charge is 0.219 e. The van der Waals surface area contributed by atoms with Crippen LogP contribution in [0.15, 0.2) is 58.3 Å². The van der Waals surface area contributed by atoms with Crippen LogP contribution in [0.2, 0.25) is 0 Å². The van der Waals surface area contributed by atoms with Crippen LogP contribution in [0, 0.1) is 0 Å². The predicted molar refractivity (Wildman–Crippen MR) is 137 cm³/mol. The number of aryl methyl sites for hydroxylation is 1. The van der Waals surface area contributed by atoms with Crippen LogP contribution >= 0.6 is 0 Å². The smallest absolute Gasteiger partial charge is 0.206 e. The van der Waals surface area contributed by atoms with Gasteiger partial charge in [0.25, 0.3) is 0 Å². The average molecular weight is 457 g/mol. The van der Waals surface area contributed by atoms with Crippen LogP contribution in [-0.4, -0.2) is 8.42 Å². The molecule has 0 saturated carbocycles. The topological polar surface area (TPSA) is 34.1 Å². The molecule has 0 unspecified atom stereocenters. The van der Waals surface area contributed by atoms with Gasteiger partial charge in [-0.2, -0.15) is 0 Å². The van der Waals surface area contributed by atoms with Crippen molar-refractivity contribution in [2.75, 3.05) is 0 Å². The molecule has 0 saturated heterocycles. The lowest BCUT2D eigenvalue weighted by Crippen LogP contribution is -2.04. The summed E-state index contributed by atoms with van der Waals surface area (Å²) < 4.78 is 26.3. The molecule has 2 rings (SSSR count). The maximum Gasteiger partial charge on any atom is 0.206 e. The van der Waals surface area contributed by atoms with Gasteiger partial charge in [-0.1, -0.05) is 103 Å². The van der Waals surface area contributed by atoms with Gasteiger partial charge in [-0.25, -0.2) is 8.42 Å². The molecule has 3 heteroatoms. The van der Waals surface area contributed by atoms with Crippen LogP contribution in [-0.2, 0) is 16.3 Å². The van der Waals surface area contributed by atoms with Gasteiger partial charge in [-0.05, 0) is 67.0 Å². The van der Waals surface area contributed by atoms with E-state index in [1.165, 1.54) is 88.2 Å². The van der Waals surface area contributed by atoms with Gasteiger partial charge in [-0.3, -0.25) is 0 Å². The van der Waals surface area contributed by atoms with Gasteiger partial charge in [-0.15, -0.1) is 0 Å². The molecule has 0 amide bonds. The molecule has 0 N–H and O–H groups in total. The second kappa shape index (κ2) is 14.5.